The van der Waals surface area contributed by atoms with Gasteiger partial charge in [-0.25, -0.2) is 4.98 Å². The standard InChI is InChI=1S/C24H19Cl2N3OS/c1-16-5-7-17(8-6-16)22-14-27-24(29(22)21-11-9-18(25)10-12-21)31-15-23(30)28-20-4-2-3-19(26)13-20/h2-14H,15H2,1H3,(H,28,30). The molecule has 0 spiro atoms. The third-order valence-electron chi connectivity index (χ3n) is 4.60. The number of thioether (sulfide) groups is 1. The van der Waals surface area contributed by atoms with Gasteiger partial charge in [-0.3, -0.25) is 9.36 Å². The molecule has 31 heavy (non-hydrogen) atoms. The number of hydrogen-bond donors (Lipinski definition) is 1. The number of aryl methyl sites for hydroxylation is 1. The van der Waals surface area contributed by atoms with Gasteiger partial charge in [0, 0.05) is 27.0 Å². The van der Waals surface area contributed by atoms with Crippen LogP contribution in [0.1, 0.15) is 5.56 Å². The summed E-state index contributed by atoms with van der Waals surface area (Å²) in [5, 5.41) is 4.83. The quantitative estimate of drug-likeness (QED) is 0.314. The highest BCUT2D eigenvalue weighted by Gasteiger charge is 2.16. The molecule has 4 nitrogen and oxygen atoms in total. The summed E-state index contributed by atoms with van der Waals surface area (Å²) in [5.74, 6) is 0.0829. The van der Waals surface area contributed by atoms with Crippen molar-refractivity contribution >= 4 is 46.6 Å². The van der Waals surface area contributed by atoms with Crippen LogP contribution in [0.25, 0.3) is 16.9 Å². The first-order chi connectivity index (χ1) is 15.0. The Hall–Kier alpha value is -2.73. The van der Waals surface area contributed by atoms with E-state index < -0.39 is 0 Å². The number of carbonyl (C=O) groups excluding carboxylic acids is 1. The first-order valence-electron chi connectivity index (χ1n) is 9.58. The van der Waals surface area contributed by atoms with Crippen LogP contribution < -0.4 is 5.32 Å². The highest BCUT2D eigenvalue weighted by Crippen LogP contribution is 2.30. The highest BCUT2D eigenvalue weighted by atomic mass is 35.5. The van der Waals surface area contributed by atoms with E-state index in [1.165, 1.54) is 17.3 Å². The van der Waals surface area contributed by atoms with Crippen LogP contribution in [-0.2, 0) is 4.79 Å². The lowest BCUT2D eigenvalue weighted by Gasteiger charge is -2.13. The molecule has 0 aliphatic heterocycles. The van der Waals surface area contributed by atoms with E-state index in [1.54, 1.807) is 24.3 Å². The van der Waals surface area contributed by atoms with Crippen LogP contribution in [0.5, 0.6) is 0 Å². The first kappa shape index (κ1) is 21.5. The van der Waals surface area contributed by atoms with Crippen LogP contribution in [0.2, 0.25) is 10.0 Å². The summed E-state index contributed by atoms with van der Waals surface area (Å²) in [6, 6.07) is 22.9. The van der Waals surface area contributed by atoms with E-state index in [0.29, 0.717) is 15.7 Å². The summed E-state index contributed by atoms with van der Waals surface area (Å²) in [6.07, 6.45) is 1.83. The second kappa shape index (κ2) is 9.60. The number of amides is 1. The van der Waals surface area contributed by atoms with Crippen molar-refractivity contribution in [2.45, 2.75) is 12.1 Å². The maximum absolute atomic E-state index is 12.5. The monoisotopic (exact) mass is 467 g/mol. The molecular weight excluding hydrogens is 449 g/mol. The van der Waals surface area contributed by atoms with E-state index in [9.17, 15) is 4.79 Å². The summed E-state index contributed by atoms with van der Waals surface area (Å²) >= 11 is 13.4. The minimum Gasteiger partial charge on any atom is -0.325 e. The molecule has 0 aliphatic rings. The molecule has 3 aromatic carbocycles. The third-order valence-corrected chi connectivity index (χ3v) is 6.04. The molecule has 156 valence electrons. The smallest absolute Gasteiger partial charge is 0.234 e. The molecule has 0 saturated carbocycles. The van der Waals surface area contributed by atoms with Gasteiger partial charge in [-0.1, -0.05) is 70.9 Å². The lowest BCUT2D eigenvalue weighted by atomic mass is 10.1. The maximum atomic E-state index is 12.5. The summed E-state index contributed by atoms with van der Waals surface area (Å²) < 4.78 is 2.04. The highest BCUT2D eigenvalue weighted by molar-refractivity contribution is 7.99. The minimum atomic E-state index is -0.130. The van der Waals surface area contributed by atoms with Gasteiger partial charge in [0.2, 0.25) is 5.91 Å². The van der Waals surface area contributed by atoms with Gasteiger partial charge in [-0.2, -0.15) is 0 Å². The molecule has 4 rings (SSSR count). The van der Waals surface area contributed by atoms with Gasteiger partial charge < -0.3 is 5.32 Å². The number of anilines is 1. The van der Waals surface area contributed by atoms with Gasteiger partial charge in [-0.05, 0) is 49.4 Å². The Labute approximate surface area is 195 Å². The third kappa shape index (κ3) is 5.31. The molecule has 4 aromatic rings. The van der Waals surface area contributed by atoms with Crippen LogP contribution in [-0.4, -0.2) is 21.2 Å². The second-order valence-corrected chi connectivity index (χ2v) is 8.77. The van der Waals surface area contributed by atoms with E-state index in [0.717, 1.165) is 22.1 Å². The van der Waals surface area contributed by atoms with Gasteiger partial charge in [0.15, 0.2) is 5.16 Å². The molecule has 1 amide bonds. The number of aromatic nitrogens is 2. The van der Waals surface area contributed by atoms with Crippen LogP contribution in [0.15, 0.2) is 84.1 Å². The number of halogens is 2. The fourth-order valence-electron chi connectivity index (χ4n) is 3.10. The lowest BCUT2D eigenvalue weighted by molar-refractivity contribution is -0.113. The summed E-state index contributed by atoms with van der Waals surface area (Å²) in [6.45, 7) is 2.06. The van der Waals surface area contributed by atoms with Crippen molar-refractivity contribution in [3.05, 3.63) is 94.6 Å². The Morgan fingerprint density at radius 3 is 2.45 bits per heavy atom. The number of imidazole rings is 1. The minimum absolute atomic E-state index is 0.130. The van der Waals surface area contributed by atoms with Gasteiger partial charge in [0.25, 0.3) is 0 Å². The molecule has 0 bridgehead atoms. The molecule has 0 saturated heterocycles. The van der Waals surface area contributed by atoms with Crippen LogP contribution in [0.4, 0.5) is 5.69 Å². The van der Waals surface area contributed by atoms with Crippen molar-refractivity contribution in [3.8, 4) is 16.9 Å². The number of nitrogens with one attached hydrogen (secondary N) is 1. The van der Waals surface area contributed by atoms with Gasteiger partial charge in [-0.15, -0.1) is 0 Å². The average Bonchev–Trinajstić information content (AvgIpc) is 3.17. The molecule has 7 heteroatoms. The maximum Gasteiger partial charge on any atom is 0.234 e. The fraction of sp³-hybridized carbons (Fsp3) is 0.0833. The van der Waals surface area contributed by atoms with Gasteiger partial charge in [0.1, 0.15) is 0 Å². The molecule has 0 fully saturated rings. The molecule has 1 heterocycles. The molecule has 0 unspecified atom stereocenters. The average molecular weight is 468 g/mol. The van der Waals surface area contributed by atoms with Gasteiger partial charge >= 0.3 is 0 Å². The number of rotatable bonds is 6. The van der Waals surface area contributed by atoms with Crippen molar-refractivity contribution in [1.29, 1.82) is 0 Å². The molecule has 1 aromatic heterocycles. The topological polar surface area (TPSA) is 46.9 Å². The number of carbonyl (C=O) groups is 1. The largest absolute Gasteiger partial charge is 0.325 e. The van der Waals surface area contributed by atoms with E-state index in [-0.39, 0.29) is 11.7 Å². The lowest BCUT2D eigenvalue weighted by Crippen LogP contribution is -2.14. The Morgan fingerprint density at radius 2 is 1.74 bits per heavy atom. The van der Waals surface area contributed by atoms with Crippen LogP contribution in [0, 0.1) is 6.92 Å². The number of hydrogen-bond acceptors (Lipinski definition) is 3. The van der Waals surface area contributed by atoms with Gasteiger partial charge in [0.05, 0.1) is 17.6 Å². The SMILES string of the molecule is Cc1ccc(-c2cnc(SCC(=O)Nc3cccc(Cl)c3)n2-c2ccc(Cl)cc2)cc1. The second-order valence-electron chi connectivity index (χ2n) is 6.95. The number of benzene rings is 3. The zero-order valence-electron chi connectivity index (χ0n) is 16.7. The van der Waals surface area contributed by atoms with E-state index >= 15 is 0 Å². The molecule has 0 radical (unpaired) electrons. The van der Waals surface area contributed by atoms with Crippen molar-refractivity contribution < 1.29 is 4.79 Å². The predicted octanol–water partition coefficient (Wildman–Crippen LogP) is 6.89. The van der Waals surface area contributed by atoms with Crippen molar-refractivity contribution in [3.63, 3.8) is 0 Å². The number of nitrogens with zero attached hydrogens (tertiary/aromatic N) is 2. The Morgan fingerprint density at radius 1 is 1.00 bits per heavy atom. The zero-order chi connectivity index (χ0) is 21.8. The summed E-state index contributed by atoms with van der Waals surface area (Å²) in [4.78, 5) is 17.1. The summed E-state index contributed by atoms with van der Waals surface area (Å²) in [5.41, 5.74) is 4.77. The normalized spacial score (nSPS) is 10.8. The van der Waals surface area contributed by atoms with Crippen molar-refractivity contribution in [1.82, 2.24) is 9.55 Å². The molecule has 0 atom stereocenters. The molecule has 1 N–H and O–H groups in total. The van der Waals surface area contributed by atoms with Crippen molar-refractivity contribution in [2.75, 3.05) is 11.1 Å². The van der Waals surface area contributed by atoms with Crippen LogP contribution >= 0.6 is 35.0 Å². The van der Waals surface area contributed by atoms with E-state index in [4.69, 9.17) is 23.2 Å². The first-order valence-corrected chi connectivity index (χ1v) is 11.3. The van der Waals surface area contributed by atoms with Crippen molar-refractivity contribution in [2.24, 2.45) is 0 Å². The van der Waals surface area contributed by atoms with Crippen LogP contribution in [0.3, 0.4) is 0 Å². The summed E-state index contributed by atoms with van der Waals surface area (Å²) in [7, 11) is 0. The Bertz CT molecular complexity index is 1200. The molecular formula is C24H19Cl2N3OS. The zero-order valence-corrected chi connectivity index (χ0v) is 19.0. The van der Waals surface area contributed by atoms with E-state index in [2.05, 4.69) is 41.5 Å². The Balaban J connectivity index is 1.60. The fourth-order valence-corrected chi connectivity index (χ4v) is 4.21. The Kier molecular flexibility index (Phi) is 6.66. The predicted molar refractivity (Wildman–Crippen MR) is 130 cm³/mol. The van der Waals surface area contributed by atoms with E-state index in [1.807, 2.05) is 35.0 Å². The molecule has 0 aliphatic carbocycles.